The Balaban J connectivity index is 1.76. The fourth-order valence-corrected chi connectivity index (χ4v) is 4.10. The number of anilines is 2. The van der Waals surface area contributed by atoms with Crippen LogP contribution < -0.4 is 10.6 Å². The Hall–Kier alpha value is -1.31. The minimum Gasteiger partial charge on any atom is -0.331 e. The molecule has 0 amide bonds. The quantitative estimate of drug-likeness (QED) is 0.362. The number of hydrogen-bond acceptors (Lipinski definition) is 2. The highest BCUT2D eigenvalue weighted by Crippen LogP contribution is 2.27. The molecule has 28 heavy (non-hydrogen) atoms. The van der Waals surface area contributed by atoms with E-state index >= 15 is 0 Å². The van der Waals surface area contributed by atoms with E-state index in [9.17, 15) is 0 Å². The Kier molecular flexibility index (Phi) is 6.89. The molecule has 2 N–H and O–H groups in total. The molecule has 3 rings (SSSR count). The van der Waals surface area contributed by atoms with Crippen molar-refractivity contribution in [1.29, 1.82) is 0 Å². The highest BCUT2D eigenvalue weighted by Gasteiger charge is 2.15. The first-order chi connectivity index (χ1) is 13.2. The van der Waals surface area contributed by atoms with E-state index in [1.165, 1.54) is 0 Å². The summed E-state index contributed by atoms with van der Waals surface area (Å²) in [6, 6.07) is 11.0. The van der Waals surface area contributed by atoms with E-state index in [2.05, 4.69) is 31.7 Å². The molecule has 4 nitrogen and oxygen atoms in total. The van der Waals surface area contributed by atoms with Crippen LogP contribution >= 0.6 is 63.0 Å². The van der Waals surface area contributed by atoms with Gasteiger partial charge in [0.15, 0.2) is 5.11 Å². The fourth-order valence-electron chi connectivity index (χ4n) is 2.70. The van der Waals surface area contributed by atoms with E-state index in [1.807, 2.05) is 42.8 Å². The monoisotopic (exact) mass is 516 g/mol. The van der Waals surface area contributed by atoms with Crippen molar-refractivity contribution >= 4 is 79.4 Å². The summed E-state index contributed by atoms with van der Waals surface area (Å²) in [6.45, 7) is 4.43. The van der Waals surface area contributed by atoms with Gasteiger partial charge in [-0.2, -0.15) is 5.10 Å². The van der Waals surface area contributed by atoms with Gasteiger partial charge in [-0.05, 0) is 62.0 Å². The predicted molar refractivity (Wildman–Crippen MR) is 126 cm³/mol. The SMILES string of the molecule is Cc1nn(Cc2ccc(Cl)cc2Cl)c(C)c1NC(=S)Nc1ccc(Br)cc1Cl. The van der Waals surface area contributed by atoms with E-state index in [0.717, 1.165) is 32.8 Å². The summed E-state index contributed by atoms with van der Waals surface area (Å²) >= 11 is 27.3. The average Bonchev–Trinajstić information content (AvgIpc) is 2.87. The number of rotatable bonds is 4. The van der Waals surface area contributed by atoms with Crippen LogP contribution in [0.1, 0.15) is 17.0 Å². The summed E-state index contributed by atoms with van der Waals surface area (Å²) < 4.78 is 2.78. The van der Waals surface area contributed by atoms with Gasteiger partial charge in [0.2, 0.25) is 0 Å². The van der Waals surface area contributed by atoms with Crippen molar-refractivity contribution in [3.05, 3.63) is 72.9 Å². The maximum absolute atomic E-state index is 6.29. The molecule has 0 aliphatic carbocycles. The standard InChI is InChI=1S/C19H16BrCl3N4S/c1-10-18(25-19(28)24-17-6-4-13(20)7-16(17)23)11(2)27(26-10)9-12-3-5-14(21)8-15(12)22/h3-8H,9H2,1-2H3,(H2,24,25,28). The first-order valence-electron chi connectivity index (χ1n) is 8.25. The van der Waals surface area contributed by atoms with Crippen LogP contribution in [-0.2, 0) is 6.54 Å². The van der Waals surface area contributed by atoms with Gasteiger partial charge in [0.05, 0.1) is 34.3 Å². The van der Waals surface area contributed by atoms with Gasteiger partial charge < -0.3 is 10.6 Å². The molecular weight excluding hydrogens is 503 g/mol. The molecule has 0 radical (unpaired) electrons. The zero-order valence-electron chi connectivity index (χ0n) is 15.0. The lowest BCUT2D eigenvalue weighted by Crippen LogP contribution is -2.20. The van der Waals surface area contributed by atoms with Crippen LogP contribution in [0.15, 0.2) is 40.9 Å². The molecular formula is C19H16BrCl3N4S. The van der Waals surface area contributed by atoms with Crippen molar-refractivity contribution in [2.75, 3.05) is 10.6 Å². The second kappa shape index (κ2) is 9.01. The molecule has 0 unspecified atom stereocenters. The first kappa shape index (κ1) is 21.4. The topological polar surface area (TPSA) is 41.9 Å². The Morgan fingerprint density at radius 1 is 1.07 bits per heavy atom. The fraction of sp³-hybridized carbons (Fsp3) is 0.158. The number of thiocarbonyl (C=S) groups is 1. The maximum Gasteiger partial charge on any atom is 0.175 e. The van der Waals surface area contributed by atoms with Crippen molar-refractivity contribution < 1.29 is 0 Å². The number of halogens is 4. The molecule has 0 aliphatic rings. The summed E-state index contributed by atoms with van der Waals surface area (Å²) in [5, 5.41) is 13.1. The summed E-state index contributed by atoms with van der Waals surface area (Å²) in [7, 11) is 0. The van der Waals surface area contributed by atoms with Crippen LogP contribution in [0.5, 0.6) is 0 Å². The molecule has 0 bridgehead atoms. The van der Waals surface area contributed by atoms with Gasteiger partial charge in [0.25, 0.3) is 0 Å². The zero-order valence-corrected chi connectivity index (χ0v) is 19.7. The molecule has 0 fully saturated rings. The normalized spacial score (nSPS) is 10.8. The second-order valence-electron chi connectivity index (χ2n) is 6.14. The van der Waals surface area contributed by atoms with Crippen molar-refractivity contribution in [3.8, 4) is 0 Å². The molecule has 0 aliphatic heterocycles. The Morgan fingerprint density at radius 2 is 1.82 bits per heavy atom. The molecule has 0 saturated heterocycles. The summed E-state index contributed by atoms with van der Waals surface area (Å²) in [5.41, 5.74) is 4.27. The third kappa shape index (κ3) is 4.99. The molecule has 0 saturated carbocycles. The summed E-state index contributed by atoms with van der Waals surface area (Å²) in [6.07, 6.45) is 0. The summed E-state index contributed by atoms with van der Waals surface area (Å²) in [5.74, 6) is 0. The van der Waals surface area contributed by atoms with E-state index in [-0.39, 0.29) is 0 Å². The zero-order chi connectivity index (χ0) is 20.4. The van der Waals surface area contributed by atoms with Crippen LogP contribution in [0.25, 0.3) is 0 Å². The van der Waals surface area contributed by atoms with Crippen molar-refractivity contribution in [3.63, 3.8) is 0 Å². The number of nitrogens with zero attached hydrogens (tertiary/aromatic N) is 2. The Bertz CT molecular complexity index is 1050. The third-order valence-corrected chi connectivity index (χ3v) is 5.73. The number of benzene rings is 2. The maximum atomic E-state index is 6.29. The summed E-state index contributed by atoms with van der Waals surface area (Å²) in [4.78, 5) is 0. The minimum atomic E-state index is 0.430. The molecule has 9 heteroatoms. The van der Waals surface area contributed by atoms with Crippen LogP contribution in [0.2, 0.25) is 15.1 Å². The van der Waals surface area contributed by atoms with Crippen LogP contribution in [-0.4, -0.2) is 14.9 Å². The predicted octanol–water partition coefficient (Wildman–Crippen LogP) is 7.08. The minimum absolute atomic E-state index is 0.430. The molecule has 2 aromatic carbocycles. The van der Waals surface area contributed by atoms with Gasteiger partial charge in [0.1, 0.15) is 0 Å². The molecule has 0 atom stereocenters. The van der Waals surface area contributed by atoms with Crippen LogP contribution in [0.4, 0.5) is 11.4 Å². The van der Waals surface area contributed by atoms with Crippen molar-refractivity contribution in [1.82, 2.24) is 9.78 Å². The number of hydrogen-bond donors (Lipinski definition) is 2. The van der Waals surface area contributed by atoms with Gasteiger partial charge in [-0.15, -0.1) is 0 Å². The number of aryl methyl sites for hydroxylation is 1. The largest absolute Gasteiger partial charge is 0.331 e. The van der Waals surface area contributed by atoms with Crippen molar-refractivity contribution in [2.45, 2.75) is 20.4 Å². The highest BCUT2D eigenvalue weighted by atomic mass is 79.9. The Labute approximate surface area is 192 Å². The number of aromatic nitrogens is 2. The number of nitrogens with one attached hydrogen (secondary N) is 2. The van der Waals surface area contributed by atoms with Gasteiger partial charge in [-0.3, -0.25) is 4.68 Å². The lowest BCUT2D eigenvalue weighted by Gasteiger charge is -2.13. The highest BCUT2D eigenvalue weighted by molar-refractivity contribution is 9.10. The Morgan fingerprint density at radius 3 is 2.50 bits per heavy atom. The smallest absolute Gasteiger partial charge is 0.175 e. The van der Waals surface area contributed by atoms with Crippen LogP contribution in [0.3, 0.4) is 0 Å². The third-order valence-electron chi connectivity index (χ3n) is 4.13. The van der Waals surface area contributed by atoms with E-state index < -0.39 is 0 Å². The lowest BCUT2D eigenvalue weighted by molar-refractivity contribution is 0.659. The molecule has 0 spiro atoms. The van der Waals surface area contributed by atoms with Gasteiger partial charge in [0, 0.05) is 14.5 Å². The van der Waals surface area contributed by atoms with Crippen LogP contribution in [0, 0.1) is 13.8 Å². The molecule has 1 heterocycles. The van der Waals surface area contributed by atoms with Crippen molar-refractivity contribution in [2.24, 2.45) is 0 Å². The van der Waals surface area contributed by atoms with E-state index in [1.54, 1.807) is 12.1 Å². The molecule has 146 valence electrons. The first-order valence-corrected chi connectivity index (χ1v) is 10.6. The van der Waals surface area contributed by atoms with Gasteiger partial charge >= 0.3 is 0 Å². The van der Waals surface area contributed by atoms with Gasteiger partial charge in [-0.25, -0.2) is 0 Å². The average molecular weight is 519 g/mol. The lowest BCUT2D eigenvalue weighted by atomic mass is 10.2. The molecule has 3 aromatic rings. The second-order valence-corrected chi connectivity index (χ2v) is 8.72. The molecule has 1 aromatic heterocycles. The van der Waals surface area contributed by atoms with E-state index in [0.29, 0.717) is 26.7 Å². The van der Waals surface area contributed by atoms with E-state index in [4.69, 9.17) is 47.0 Å². The van der Waals surface area contributed by atoms with Gasteiger partial charge in [-0.1, -0.05) is 56.8 Å².